The Morgan fingerprint density at radius 2 is 2.06 bits per heavy atom. The van der Waals surface area contributed by atoms with Crippen LogP contribution in [0.2, 0.25) is 0 Å². The van der Waals surface area contributed by atoms with E-state index in [1.165, 1.54) is 11.3 Å². The van der Waals surface area contributed by atoms with Crippen molar-refractivity contribution in [2.75, 3.05) is 25.2 Å². The number of aryl methyl sites for hydroxylation is 1. The van der Waals surface area contributed by atoms with Crippen molar-refractivity contribution < 1.29 is 14.3 Å². The van der Waals surface area contributed by atoms with Crippen molar-refractivity contribution in [3.05, 3.63) is 46.6 Å². The maximum atomic E-state index is 12.6. The SMILES string of the molecule is COc1nc(C)ccc1-c1ccc2c(c1)N(c1nc3c(s1)C(=O)NC(C)(C)C3)CCO2. The van der Waals surface area contributed by atoms with Crippen LogP contribution in [-0.4, -0.2) is 41.7 Å². The molecule has 1 N–H and O–H groups in total. The quantitative estimate of drug-likeness (QED) is 0.666. The molecule has 31 heavy (non-hydrogen) atoms. The Morgan fingerprint density at radius 3 is 2.87 bits per heavy atom. The number of methoxy groups -OCH3 is 1. The number of fused-ring (bicyclic) bond motifs is 2. The smallest absolute Gasteiger partial charge is 0.263 e. The molecule has 2 aliphatic heterocycles. The van der Waals surface area contributed by atoms with Gasteiger partial charge in [0.05, 0.1) is 25.0 Å². The largest absolute Gasteiger partial charge is 0.490 e. The molecule has 0 saturated heterocycles. The Kier molecular flexibility index (Phi) is 4.62. The fourth-order valence-corrected chi connectivity index (χ4v) is 5.09. The number of nitrogens with one attached hydrogen (secondary N) is 1. The van der Waals surface area contributed by atoms with Gasteiger partial charge in [-0.05, 0) is 50.6 Å². The standard InChI is InChI=1S/C23H24N4O3S/c1-13-5-7-15(21(24-13)29-4)14-6-8-18-17(11-14)27(9-10-30-18)22-25-16-12-23(2,3)26-20(28)19(16)31-22/h5-8,11H,9-10,12H2,1-4H3,(H,26,28). The van der Waals surface area contributed by atoms with E-state index in [4.69, 9.17) is 14.5 Å². The lowest BCUT2D eigenvalue weighted by Crippen LogP contribution is -2.48. The lowest BCUT2D eigenvalue weighted by Gasteiger charge is -2.30. The molecule has 2 aliphatic rings. The molecule has 0 spiro atoms. The van der Waals surface area contributed by atoms with E-state index in [2.05, 4.69) is 21.3 Å². The average molecular weight is 437 g/mol. The van der Waals surface area contributed by atoms with Gasteiger partial charge in [-0.25, -0.2) is 9.97 Å². The molecule has 0 saturated carbocycles. The summed E-state index contributed by atoms with van der Waals surface area (Å²) in [6.07, 6.45) is 0.716. The zero-order valence-electron chi connectivity index (χ0n) is 18.0. The zero-order valence-corrected chi connectivity index (χ0v) is 18.8. The Morgan fingerprint density at radius 1 is 1.23 bits per heavy atom. The molecule has 1 amide bonds. The number of benzene rings is 1. The first-order valence-electron chi connectivity index (χ1n) is 10.2. The van der Waals surface area contributed by atoms with E-state index in [-0.39, 0.29) is 11.4 Å². The third-order valence-electron chi connectivity index (χ3n) is 5.51. The molecule has 4 heterocycles. The second-order valence-corrected chi connectivity index (χ2v) is 9.46. The first kappa shape index (κ1) is 19.8. The van der Waals surface area contributed by atoms with Crippen molar-refractivity contribution in [3.63, 3.8) is 0 Å². The monoisotopic (exact) mass is 436 g/mol. The van der Waals surface area contributed by atoms with Crippen LogP contribution in [0.15, 0.2) is 30.3 Å². The molecule has 0 radical (unpaired) electrons. The maximum absolute atomic E-state index is 12.6. The normalized spacial score (nSPS) is 16.8. The van der Waals surface area contributed by atoms with Crippen LogP contribution in [-0.2, 0) is 6.42 Å². The molecule has 5 rings (SSSR count). The van der Waals surface area contributed by atoms with Gasteiger partial charge in [0.1, 0.15) is 17.2 Å². The minimum absolute atomic E-state index is 0.0484. The number of amides is 1. The predicted octanol–water partition coefficient (Wildman–Crippen LogP) is 4.12. The summed E-state index contributed by atoms with van der Waals surface area (Å²) in [4.78, 5) is 24.8. The van der Waals surface area contributed by atoms with Crippen LogP contribution in [0, 0.1) is 6.92 Å². The highest BCUT2D eigenvalue weighted by Gasteiger charge is 2.34. The number of carbonyl (C=O) groups is 1. The van der Waals surface area contributed by atoms with E-state index in [1.807, 2.05) is 45.0 Å². The Labute approximate surface area is 185 Å². The van der Waals surface area contributed by atoms with Gasteiger partial charge in [0.25, 0.3) is 5.91 Å². The number of anilines is 2. The van der Waals surface area contributed by atoms with Crippen molar-refractivity contribution >= 4 is 28.1 Å². The molecule has 160 valence electrons. The second kappa shape index (κ2) is 7.23. The molecular formula is C23H24N4O3S. The molecule has 2 aromatic heterocycles. The van der Waals surface area contributed by atoms with Gasteiger partial charge in [-0.15, -0.1) is 0 Å². The molecule has 1 aromatic carbocycles. The minimum Gasteiger partial charge on any atom is -0.490 e. The van der Waals surface area contributed by atoms with Crippen LogP contribution >= 0.6 is 11.3 Å². The van der Waals surface area contributed by atoms with Gasteiger partial charge in [-0.2, -0.15) is 0 Å². The van der Waals surface area contributed by atoms with Crippen LogP contribution in [0.1, 0.15) is 34.9 Å². The lowest BCUT2D eigenvalue weighted by molar-refractivity contribution is 0.0901. The summed E-state index contributed by atoms with van der Waals surface area (Å²) >= 11 is 1.44. The van der Waals surface area contributed by atoms with E-state index in [0.29, 0.717) is 30.3 Å². The van der Waals surface area contributed by atoms with E-state index in [9.17, 15) is 4.79 Å². The predicted molar refractivity (Wildman–Crippen MR) is 121 cm³/mol. The number of ether oxygens (including phenoxy) is 2. The van der Waals surface area contributed by atoms with Crippen LogP contribution in [0.3, 0.4) is 0 Å². The van der Waals surface area contributed by atoms with Gasteiger partial charge in [-0.1, -0.05) is 17.4 Å². The number of hydrogen-bond acceptors (Lipinski definition) is 7. The number of rotatable bonds is 3. The summed E-state index contributed by atoms with van der Waals surface area (Å²) in [5.41, 5.74) is 4.30. The van der Waals surface area contributed by atoms with Crippen LogP contribution in [0.4, 0.5) is 10.8 Å². The highest BCUT2D eigenvalue weighted by molar-refractivity contribution is 7.17. The number of hydrogen-bond donors (Lipinski definition) is 1. The van der Waals surface area contributed by atoms with Gasteiger partial charge < -0.3 is 19.7 Å². The summed E-state index contributed by atoms with van der Waals surface area (Å²) in [5, 5.41) is 3.88. The highest BCUT2D eigenvalue weighted by atomic mass is 32.1. The Balaban J connectivity index is 1.57. The fraction of sp³-hybridized carbons (Fsp3) is 0.348. The molecule has 0 atom stereocenters. The average Bonchev–Trinajstić information content (AvgIpc) is 3.15. The summed E-state index contributed by atoms with van der Waals surface area (Å²) in [7, 11) is 1.63. The fourth-order valence-electron chi connectivity index (χ4n) is 4.07. The Bertz CT molecular complexity index is 1190. The van der Waals surface area contributed by atoms with Crippen LogP contribution < -0.4 is 19.7 Å². The summed E-state index contributed by atoms with van der Waals surface area (Å²) in [6.45, 7) is 7.20. The summed E-state index contributed by atoms with van der Waals surface area (Å²) in [6, 6.07) is 10.1. The number of pyridine rings is 1. The van der Waals surface area contributed by atoms with Crippen molar-refractivity contribution in [2.45, 2.75) is 32.7 Å². The van der Waals surface area contributed by atoms with Crippen molar-refractivity contribution in [1.82, 2.24) is 15.3 Å². The topological polar surface area (TPSA) is 76.6 Å². The molecule has 0 fully saturated rings. The number of thiazole rings is 1. The van der Waals surface area contributed by atoms with Gasteiger partial charge in [0, 0.05) is 23.2 Å². The lowest BCUT2D eigenvalue weighted by atomic mass is 9.94. The molecule has 8 heteroatoms. The molecular weight excluding hydrogens is 412 g/mol. The van der Waals surface area contributed by atoms with Crippen LogP contribution in [0.5, 0.6) is 11.6 Å². The Hall–Kier alpha value is -3.13. The first-order chi connectivity index (χ1) is 14.8. The van der Waals surface area contributed by atoms with Crippen molar-refractivity contribution in [2.24, 2.45) is 0 Å². The van der Waals surface area contributed by atoms with Gasteiger partial charge >= 0.3 is 0 Å². The maximum Gasteiger partial charge on any atom is 0.263 e. The number of carbonyl (C=O) groups excluding carboxylic acids is 1. The summed E-state index contributed by atoms with van der Waals surface area (Å²) < 4.78 is 11.4. The van der Waals surface area contributed by atoms with Crippen molar-refractivity contribution in [3.8, 4) is 22.8 Å². The zero-order chi connectivity index (χ0) is 21.8. The van der Waals surface area contributed by atoms with E-state index < -0.39 is 0 Å². The van der Waals surface area contributed by atoms with Gasteiger partial charge in [0.2, 0.25) is 5.88 Å². The van der Waals surface area contributed by atoms with E-state index in [1.54, 1.807) is 7.11 Å². The van der Waals surface area contributed by atoms with Gasteiger partial charge in [0.15, 0.2) is 5.13 Å². The van der Waals surface area contributed by atoms with Gasteiger partial charge in [-0.3, -0.25) is 4.79 Å². The van der Waals surface area contributed by atoms with E-state index >= 15 is 0 Å². The molecule has 0 aliphatic carbocycles. The molecule has 7 nitrogen and oxygen atoms in total. The third kappa shape index (κ3) is 3.50. The van der Waals surface area contributed by atoms with E-state index in [0.717, 1.165) is 39.1 Å². The molecule has 0 bridgehead atoms. The third-order valence-corrected chi connectivity index (χ3v) is 6.63. The van der Waals surface area contributed by atoms with Crippen molar-refractivity contribution in [1.29, 1.82) is 0 Å². The second-order valence-electron chi connectivity index (χ2n) is 8.48. The number of nitrogens with zero attached hydrogens (tertiary/aromatic N) is 3. The minimum atomic E-state index is -0.291. The first-order valence-corrected chi connectivity index (χ1v) is 11.0. The highest BCUT2D eigenvalue weighted by Crippen LogP contribution is 2.43. The number of aromatic nitrogens is 2. The van der Waals surface area contributed by atoms with Crippen LogP contribution in [0.25, 0.3) is 11.1 Å². The summed E-state index contributed by atoms with van der Waals surface area (Å²) in [5.74, 6) is 1.34. The molecule has 3 aromatic rings. The molecule has 0 unspecified atom stereocenters.